The summed E-state index contributed by atoms with van der Waals surface area (Å²) in [6, 6.07) is 8.42. The summed E-state index contributed by atoms with van der Waals surface area (Å²) in [5.41, 5.74) is 0.213. The van der Waals surface area contributed by atoms with E-state index in [0.717, 1.165) is 37.1 Å². The Morgan fingerprint density at radius 2 is 2.08 bits per heavy atom. The van der Waals surface area contributed by atoms with Crippen molar-refractivity contribution in [1.29, 1.82) is 0 Å². The van der Waals surface area contributed by atoms with E-state index >= 15 is 0 Å². The lowest BCUT2D eigenvalue weighted by atomic mass is 10.1. The summed E-state index contributed by atoms with van der Waals surface area (Å²) in [4.78, 5) is 20.8. The van der Waals surface area contributed by atoms with Crippen LogP contribution in [0.1, 0.15) is 34.3 Å². The number of carbonyl (C=O) groups is 1. The Morgan fingerprint density at radius 3 is 2.78 bits per heavy atom. The van der Waals surface area contributed by atoms with Gasteiger partial charge in [0.15, 0.2) is 0 Å². The van der Waals surface area contributed by atoms with E-state index in [1.54, 1.807) is 24.4 Å². The topological polar surface area (TPSA) is 97.4 Å². The lowest BCUT2D eigenvalue weighted by Gasteiger charge is -2.22. The molecule has 2 aromatic heterocycles. The van der Waals surface area contributed by atoms with Crippen molar-refractivity contribution < 1.29 is 27.4 Å². The van der Waals surface area contributed by atoms with Crippen LogP contribution in [0.2, 0.25) is 0 Å². The Balaban J connectivity index is 1.69. The number of benzene rings is 1. The van der Waals surface area contributed by atoms with Crippen LogP contribution in [0, 0.1) is 0 Å². The number of hydrogen-bond donors (Lipinski definition) is 3. The fraction of sp³-hybridized carbons (Fsp3) is 0.320. The number of rotatable bonds is 9. The van der Waals surface area contributed by atoms with Crippen molar-refractivity contribution in [2.75, 3.05) is 30.9 Å². The summed E-state index contributed by atoms with van der Waals surface area (Å²) in [6.45, 7) is 1.24. The number of nitrogens with one attached hydrogen (secondary N) is 3. The summed E-state index contributed by atoms with van der Waals surface area (Å²) in [5.74, 6) is -0.212. The maximum Gasteiger partial charge on any atom is 0.416 e. The molecule has 0 radical (unpaired) electrons. The zero-order valence-electron chi connectivity index (χ0n) is 19.6. The Labute approximate surface area is 206 Å². The average molecular weight is 502 g/mol. The quantitative estimate of drug-likeness (QED) is 0.397. The molecular weight excluding hydrogens is 475 g/mol. The normalized spacial score (nSPS) is 15.4. The first kappa shape index (κ1) is 25.2. The van der Waals surface area contributed by atoms with Crippen molar-refractivity contribution in [3.8, 4) is 11.6 Å². The lowest BCUT2D eigenvalue weighted by molar-refractivity contribution is -0.137. The highest BCUT2D eigenvalue weighted by Gasteiger charge is 2.33. The van der Waals surface area contributed by atoms with Crippen LogP contribution < -0.4 is 25.4 Å². The van der Waals surface area contributed by atoms with Gasteiger partial charge >= 0.3 is 6.18 Å². The minimum absolute atomic E-state index is 0.0129. The van der Waals surface area contributed by atoms with Crippen molar-refractivity contribution in [3.63, 3.8) is 0 Å². The third-order valence-corrected chi connectivity index (χ3v) is 5.68. The molecule has 1 amide bonds. The maximum atomic E-state index is 13.8. The number of carbonyl (C=O) groups excluding carboxylic acids is 1. The molecule has 3 N–H and O–H groups in total. The van der Waals surface area contributed by atoms with Gasteiger partial charge in [0.2, 0.25) is 5.88 Å². The second kappa shape index (κ2) is 11.3. The van der Waals surface area contributed by atoms with Crippen LogP contribution in [0.25, 0.3) is 0 Å². The molecule has 36 heavy (non-hydrogen) atoms. The summed E-state index contributed by atoms with van der Waals surface area (Å²) in [5, 5.41) is 8.99. The van der Waals surface area contributed by atoms with Crippen molar-refractivity contribution >= 4 is 17.3 Å². The molecule has 190 valence electrons. The molecule has 0 bridgehead atoms. The van der Waals surface area contributed by atoms with Gasteiger partial charge < -0.3 is 25.4 Å². The first-order chi connectivity index (χ1) is 17.3. The molecule has 8 nitrogen and oxygen atoms in total. The van der Waals surface area contributed by atoms with Crippen LogP contribution in [-0.2, 0) is 12.7 Å². The number of pyridine rings is 2. The Bertz CT molecular complexity index is 1190. The molecule has 1 atom stereocenters. The molecule has 1 aromatic carbocycles. The number of nitrogens with zero attached hydrogens (tertiary/aromatic N) is 2. The molecule has 1 fully saturated rings. The van der Waals surface area contributed by atoms with Gasteiger partial charge in [-0.2, -0.15) is 13.2 Å². The molecule has 11 heteroatoms. The average Bonchev–Trinajstić information content (AvgIpc) is 3.40. The van der Waals surface area contributed by atoms with E-state index in [9.17, 15) is 18.0 Å². The van der Waals surface area contributed by atoms with Gasteiger partial charge in [-0.1, -0.05) is 0 Å². The van der Waals surface area contributed by atoms with E-state index in [-0.39, 0.29) is 41.9 Å². The van der Waals surface area contributed by atoms with Gasteiger partial charge in [-0.15, -0.1) is 0 Å². The van der Waals surface area contributed by atoms with E-state index in [4.69, 9.17) is 9.47 Å². The van der Waals surface area contributed by atoms with Gasteiger partial charge in [0.05, 0.1) is 23.9 Å². The Kier molecular flexibility index (Phi) is 7.89. The number of aromatic nitrogens is 2. The van der Waals surface area contributed by atoms with Gasteiger partial charge in [-0.25, -0.2) is 4.98 Å². The van der Waals surface area contributed by atoms with Gasteiger partial charge in [0, 0.05) is 37.2 Å². The number of alkyl halides is 3. The summed E-state index contributed by atoms with van der Waals surface area (Å²) in [6.07, 6.45) is 1.59. The van der Waals surface area contributed by atoms with Gasteiger partial charge in [0.1, 0.15) is 18.0 Å². The van der Waals surface area contributed by atoms with E-state index in [2.05, 4.69) is 25.9 Å². The largest absolute Gasteiger partial charge is 0.490 e. The van der Waals surface area contributed by atoms with Gasteiger partial charge in [-0.05, 0) is 55.3 Å². The predicted octanol–water partition coefficient (Wildman–Crippen LogP) is 4.50. The van der Waals surface area contributed by atoms with Crippen molar-refractivity contribution in [2.45, 2.75) is 31.6 Å². The number of ether oxygens (including phenoxy) is 2. The zero-order valence-corrected chi connectivity index (χ0v) is 19.6. The number of anilines is 2. The van der Waals surface area contributed by atoms with E-state index in [1.165, 1.54) is 25.6 Å². The molecular formula is C25H26F3N5O3. The monoisotopic (exact) mass is 501 g/mol. The second-order valence-electron chi connectivity index (χ2n) is 8.25. The number of hydrogen-bond acceptors (Lipinski definition) is 7. The first-order valence-corrected chi connectivity index (χ1v) is 11.4. The maximum absolute atomic E-state index is 13.8. The molecule has 3 heterocycles. The fourth-order valence-electron chi connectivity index (χ4n) is 3.82. The lowest BCUT2D eigenvalue weighted by Crippen LogP contribution is -2.28. The number of amides is 1. The predicted molar refractivity (Wildman–Crippen MR) is 128 cm³/mol. The summed E-state index contributed by atoms with van der Waals surface area (Å²) < 4.78 is 52.4. The smallest absolute Gasteiger partial charge is 0.416 e. The van der Waals surface area contributed by atoms with Crippen molar-refractivity contribution in [2.24, 2.45) is 0 Å². The van der Waals surface area contributed by atoms with Gasteiger partial charge in [-0.3, -0.25) is 9.78 Å². The molecule has 1 unspecified atom stereocenters. The molecule has 1 aliphatic rings. The van der Waals surface area contributed by atoms with E-state index in [1.807, 2.05) is 0 Å². The SMILES string of the molecule is COc1cc(CNc2c(NC(=O)c3cccnc3)cc(C(F)(F)F)cc2OCC2CCCN2)ccn1. The van der Waals surface area contributed by atoms with Crippen LogP contribution >= 0.6 is 0 Å². The third kappa shape index (κ3) is 6.42. The van der Waals surface area contributed by atoms with Crippen molar-refractivity contribution in [3.05, 3.63) is 71.7 Å². The van der Waals surface area contributed by atoms with E-state index < -0.39 is 17.6 Å². The summed E-state index contributed by atoms with van der Waals surface area (Å²) in [7, 11) is 1.49. The van der Waals surface area contributed by atoms with Crippen LogP contribution in [0.15, 0.2) is 55.0 Å². The van der Waals surface area contributed by atoms with E-state index in [0.29, 0.717) is 5.88 Å². The molecule has 0 aliphatic carbocycles. The van der Waals surface area contributed by atoms with Crippen LogP contribution in [-0.4, -0.2) is 42.2 Å². The first-order valence-electron chi connectivity index (χ1n) is 11.4. The fourth-order valence-corrected chi connectivity index (χ4v) is 3.82. The molecule has 3 aromatic rings. The second-order valence-corrected chi connectivity index (χ2v) is 8.25. The highest BCUT2D eigenvalue weighted by molar-refractivity contribution is 6.06. The molecule has 4 rings (SSSR count). The highest BCUT2D eigenvalue weighted by atomic mass is 19.4. The van der Waals surface area contributed by atoms with Crippen LogP contribution in [0.5, 0.6) is 11.6 Å². The number of methoxy groups -OCH3 is 1. The van der Waals surface area contributed by atoms with Crippen LogP contribution in [0.3, 0.4) is 0 Å². The van der Waals surface area contributed by atoms with Gasteiger partial charge in [0.25, 0.3) is 5.91 Å². The molecule has 0 saturated carbocycles. The van der Waals surface area contributed by atoms with Crippen molar-refractivity contribution in [1.82, 2.24) is 15.3 Å². The zero-order chi connectivity index (χ0) is 25.5. The standard InChI is InChI=1S/C25H26F3N5O3/c1-35-22-10-16(6-9-31-22)13-32-23-20(33-24(34)17-4-2-7-29-14-17)11-18(25(26,27)28)12-21(23)36-15-19-5-3-8-30-19/h2,4,6-7,9-12,14,19,30,32H,3,5,8,13,15H2,1H3,(H,33,34). The third-order valence-electron chi connectivity index (χ3n) is 5.68. The van der Waals surface area contributed by atoms with Crippen LogP contribution in [0.4, 0.5) is 24.5 Å². The molecule has 1 saturated heterocycles. The highest BCUT2D eigenvalue weighted by Crippen LogP contribution is 2.41. The minimum atomic E-state index is -4.64. The minimum Gasteiger partial charge on any atom is -0.490 e. The number of halogens is 3. The Hall–Kier alpha value is -3.86. The molecule has 1 aliphatic heterocycles. The molecule has 0 spiro atoms. The summed E-state index contributed by atoms with van der Waals surface area (Å²) >= 11 is 0. The Morgan fingerprint density at radius 1 is 1.22 bits per heavy atom.